The molecule has 8 heteroatoms. The zero-order chi connectivity index (χ0) is 15.5. The van der Waals surface area contributed by atoms with Crippen molar-refractivity contribution in [2.75, 3.05) is 6.54 Å². The quantitative estimate of drug-likeness (QED) is 0.714. The molecular weight excluding hydrogens is 294 g/mol. The summed E-state index contributed by atoms with van der Waals surface area (Å²) < 4.78 is 27.1. The molecule has 7 nitrogen and oxygen atoms in total. The molecule has 1 unspecified atom stereocenters. The van der Waals surface area contributed by atoms with Crippen LogP contribution in [0.4, 0.5) is 0 Å². The lowest BCUT2D eigenvalue weighted by Crippen LogP contribution is -2.30. The molecule has 2 heterocycles. The Labute approximate surface area is 122 Å². The maximum Gasteiger partial charge on any atom is 0.303 e. The van der Waals surface area contributed by atoms with Gasteiger partial charge in [0, 0.05) is 30.7 Å². The van der Waals surface area contributed by atoms with Crippen molar-refractivity contribution in [1.29, 1.82) is 0 Å². The highest BCUT2D eigenvalue weighted by atomic mass is 32.2. The number of nitrogens with one attached hydrogen (secondary N) is 2. The average molecular weight is 311 g/mol. The number of carbonyl (C=O) groups is 1. The summed E-state index contributed by atoms with van der Waals surface area (Å²) in [4.78, 5) is 17.7. The van der Waals surface area contributed by atoms with Crippen LogP contribution in [0.3, 0.4) is 0 Å². The van der Waals surface area contributed by atoms with Crippen LogP contribution >= 0.6 is 0 Å². The summed E-state index contributed by atoms with van der Waals surface area (Å²) in [6.07, 6.45) is 3.49. The van der Waals surface area contributed by atoms with Gasteiger partial charge in [0.05, 0.1) is 0 Å². The summed E-state index contributed by atoms with van der Waals surface area (Å²) in [5, 5.41) is 9.29. The largest absolute Gasteiger partial charge is 0.481 e. The second-order valence-electron chi connectivity index (χ2n) is 4.78. The van der Waals surface area contributed by atoms with Crippen molar-refractivity contribution in [2.45, 2.75) is 24.7 Å². The molecule has 0 saturated heterocycles. The second-order valence-corrected chi connectivity index (χ2v) is 6.51. The van der Waals surface area contributed by atoms with Crippen LogP contribution in [0.25, 0.3) is 11.0 Å². The molecule has 21 heavy (non-hydrogen) atoms. The Bertz CT molecular complexity index is 739. The van der Waals surface area contributed by atoms with Gasteiger partial charge in [-0.05, 0) is 18.1 Å². The highest BCUT2D eigenvalue weighted by Gasteiger charge is 2.21. The van der Waals surface area contributed by atoms with Crippen molar-refractivity contribution in [3.05, 3.63) is 24.5 Å². The van der Waals surface area contributed by atoms with Crippen molar-refractivity contribution in [3.8, 4) is 0 Å². The van der Waals surface area contributed by atoms with E-state index in [0.29, 0.717) is 17.5 Å². The number of pyridine rings is 1. The SMILES string of the molecule is CCC(CNS(=O)(=O)c1c[nH]c2ncccc12)CC(=O)O. The lowest BCUT2D eigenvalue weighted by Gasteiger charge is -2.13. The summed E-state index contributed by atoms with van der Waals surface area (Å²) >= 11 is 0. The van der Waals surface area contributed by atoms with Gasteiger partial charge in [0.25, 0.3) is 0 Å². The molecule has 1 atom stereocenters. The number of fused-ring (bicyclic) bond motifs is 1. The van der Waals surface area contributed by atoms with Gasteiger partial charge in [0.1, 0.15) is 10.5 Å². The van der Waals surface area contributed by atoms with Crippen molar-refractivity contribution in [3.63, 3.8) is 0 Å². The van der Waals surface area contributed by atoms with Gasteiger partial charge in [-0.2, -0.15) is 0 Å². The summed E-state index contributed by atoms with van der Waals surface area (Å²) in [6, 6.07) is 3.33. The van der Waals surface area contributed by atoms with Gasteiger partial charge < -0.3 is 10.1 Å². The number of hydrogen-bond acceptors (Lipinski definition) is 4. The number of nitrogens with zero attached hydrogens (tertiary/aromatic N) is 1. The first-order chi connectivity index (χ1) is 9.94. The Morgan fingerprint density at radius 2 is 2.29 bits per heavy atom. The fourth-order valence-electron chi connectivity index (χ4n) is 2.07. The van der Waals surface area contributed by atoms with Crippen molar-refractivity contribution in [2.24, 2.45) is 5.92 Å². The number of rotatable bonds is 7. The van der Waals surface area contributed by atoms with Gasteiger partial charge in [-0.1, -0.05) is 13.3 Å². The first kappa shape index (κ1) is 15.5. The molecule has 0 aliphatic carbocycles. The molecule has 3 N–H and O–H groups in total. The van der Waals surface area contributed by atoms with Crippen molar-refractivity contribution < 1.29 is 18.3 Å². The molecule has 0 spiro atoms. The van der Waals surface area contributed by atoms with Gasteiger partial charge in [-0.15, -0.1) is 0 Å². The number of aliphatic carboxylic acids is 1. The summed E-state index contributed by atoms with van der Waals surface area (Å²) in [5.41, 5.74) is 0.496. The first-order valence-electron chi connectivity index (χ1n) is 6.57. The third-order valence-corrected chi connectivity index (χ3v) is 4.77. The topological polar surface area (TPSA) is 112 Å². The summed E-state index contributed by atoms with van der Waals surface area (Å²) in [7, 11) is -3.70. The molecule has 114 valence electrons. The van der Waals surface area contributed by atoms with Gasteiger partial charge in [-0.3, -0.25) is 4.79 Å². The molecule has 2 aromatic heterocycles. The summed E-state index contributed by atoms with van der Waals surface area (Å²) in [6.45, 7) is 1.93. The van der Waals surface area contributed by atoms with Crippen LogP contribution in [0, 0.1) is 5.92 Å². The number of hydrogen-bond donors (Lipinski definition) is 3. The average Bonchev–Trinajstić information content (AvgIpc) is 2.87. The number of aromatic amines is 1. The maximum absolute atomic E-state index is 12.3. The molecule has 0 aromatic carbocycles. The van der Waals surface area contributed by atoms with Crippen molar-refractivity contribution in [1.82, 2.24) is 14.7 Å². The monoisotopic (exact) mass is 311 g/mol. The van der Waals surface area contributed by atoms with E-state index in [4.69, 9.17) is 5.11 Å². The van der Waals surface area contributed by atoms with E-state index >= 15 is 0 Å². The van der Waals surface area contributed by atoms with Crippen LogP contribution in [0.1, 0.15) is 19.8 Å². The maximum atomic E-state index is 12.3. The van der Waals surface area contributed by atoms with Crippen LogP contribution in [0.5, 0.6) is 0 Å². The molecule has 0 radical (unpaired) electrons. The van der Waals surface area contributed by atoms with E-state index in [1.165, 1.54) is 6.20 Å². The van der Waals surface area contributed by atoms with E-state index in [-0.39, 0.29) is 23.8 Å². The number of aromatic nitrogens is 2. The Hall–Kier alpha value is -1.93. The number of sulfonamides is 1. The minimum absolute atomic E-state index is 0.0611. The smallest absolute Gasteiger partial charge is 0.303 e. The van der Waals surface area contributed by atoms with Gasteiger partial charge >= 0.3 is 5.97 Å². The van der Waals surface area contributed by atoms with Crippen LogP contribution < -0.4 is 4.72 Å². The molecule has 0 aliphatic rings. The van der Waals surface area contributed by atoms with Gasteiger partial charge in [0.2, 0.25) is 10.0 Å². The zero-order valence-electron chi connectivity index (χ0n) is 11.5. The lowest BCUT2D eigenvalue weighted by molar-refractivity contribution is -0.138. The Kier molecular flexibility index (Phi) is 4.59. The molecule has 0 bridgehead atoms. The highest BCUT2D eigenvalue weighted by molar-refractivity contribution is 7.89. The minimum atomic E-state index is -3.70. The Morgan fingerprint density at radius 1 is 1.52 bits per heavy atom. The molecule has 2 rings (SSSR count). The minimum Gasteiger partial charge on any atom is -0.481 e. The fourth-order valence-corrected chi connectivity index (χ4v) is 3.35. The van der Waals surface area contributed by atoms with Crippen LogP contribution in [-0.4, -0.2) is 36.0 Å². The van der Waals surface area contributed by atoms with E-state index in [1.807, 2.05) is 6.92 Å². The van der Waals surface area contributed by atoms with Gasteiger partial charge in [0.15, 0.2) is 0 Å². The van der Waals surface area contributed by atoms with E-state index in [2.05, 4.69) is 14.7 Å². The van der Waals surface area contributed by atoms with E-state index in [1.54, 1.807) is 18.3 Å². The van der Waals surface area contributed by atoms with Crippen LogP contribution in [0.2, 0.25) is 0 Å². The molecular formula is C13H17N3O4S. The number of carboxylic acid groups (broad SMARTS) is 1. The standard InChI is InChI=1S/C13H17N3O4S/c1-2-9(6-12(17)18)7-16-21(19,20)11-8-15-13-10(11)4-3-5-14-13/h3-5,8-9,16H,2,6-7H2,1H3,(H,14,15)(H,17,18). The Balaban J connectivity index is 2.17. The molecule has 0 saturated carbocycles. The predicted octanol–water partition coefficient (Wildman–Crippen LogP) is 1.34. The van der Waals surface area contributed by atoms with Crippen LogP contribution in [-0.2, 0) is 14.8 Å². The fraction of sp³-hybridized carbons (Fsp3) is 0.385. The third-order valence-electron chi connectivity index (χ3n) is 3.31. The van der Waals surface area contributed by atoms with E-state index in [9.17, 15) is 13.2 Å². The van der Waals surface area contributed by atoms with Gasteiger partial charge in [-0.25, -0.2) is 18.1 Å². The molecule has 2 aromatic rings. The zero-order valence-corrected chi connectivity index (χ0v) is 12.4. The predicted molar refractivity (Wildman–Crippen MR) is 77.3 cm³/mol. The van der Waals surface area contributed by atoms with E-state index < -0.39 is 16.0 Å². The first-order valence-corrected chi connectivity index (χ1v) is 8.06. The third kappa shape index (κ3) is 3.59. The number of carboxylic acids is 1. The normalized spacial score (nSPS) is 13.4. The van der Waals surface area contributed by atoms with Crippen LogP contribution in [0.15, 0.2) is 29.4 Å². The Morgan fingerprint density at radius 3 is 2.95 bits per heavy atom. The molecule has 0 fully saturated rings. The lowest BCUT2D eigenvalue weighted by atomic mass is 10.0. The second kappa shape index (κ2) is 6.23. The molecule has 0 amide bonds. The number of H-pyrrole nitrogens is 1. The molecule has 0 aliphatic heterocycles. The summed E-state index contributed by atoms with van der Waals surface area (Å²) in [5.74, 6) is -1.17. The highest BCUT2D eigenvalue weighted by Crippen LogP contribution is 2.20. The van der Waals surface area contributed by atoms with E-state index in [0.717, 1.165) is 0 Å². The van der Waals surface area contributed by atoms with Crippen molar-refractivity contribution >= 4 is 27.0 Å².